The Morgan fingerprint density at radius 1 is 1.12 bits per heavy atom. The fourth-order valence-electron chi connectivity index (χ4n) is 2.21. The maximum absolute atomic E-state index is 12.6. The van der Waals surface area contributed by atoms with E-state index in [0.29, 0.717) is 16.4 Å². The first-order valence-corrected chi connectivity index (χ1v) is 8.84. The summed E-state index contributed by atoms with van der Waals surface area (Å²) >= 11 is 5.91. The van der Waals surface area contributed by atoms with Crippen molar-refractivity contribution in [3.63, 3.8) is 0 Å². The Labute approximate surface area is 144 Å². The Morgan fingerprint density at radius 3 is 2.62 bits per heavy atom. The molecule has 0 bridgehead atoms. The summed E-state index contributed by atoms with van der Waals surface area (Å²) in [5, 5.41) is 0.346. The van der Waals surface area contributed by atoms with Crippen LogP contribution in [0, 0.1) is 13.8 Å². The molecule has 0 unspecified atom stereocenters. The van der Waals surface area contributed by atoms with Crippen molar-refractivity contribution >= 4 is 27.4 Å². The van der Waals surface area contributed by atoms with Crippen molar-refractivity contribution in [2.24, 2.45) is 0 Å². The third-order valence-electron chi connectivity index (χ3n) is 3.40. The van der Waals surface area contributed by atoms with Gasteiger partial charge in [0.15, 0.2) is 0 Å². The molecule has 0 radical (unpaired) electrons. The van der Waals surface area contributed by atoms with Crippen LogP contribution < -0.4 is 4.72 Å². The number of rotatable bonds is 4. The molecule has 0 amide bonds. The molecule has 0 aliphatic carbocycles. The highest BCUT2D eigenvalue weighted by molar-refractivity contribution is 7.92. The van der Waals surface area contributed by atoms with E-state index in [9.17, 15) is 8.42 Å². The van der Waals surface area contributed by atoms with E-state index in [4.69, 9.17) is 11.6 Å². The molecule has 0 aliphatic rings. The Kier molecular flexibility index (Phi) is 4.25. The average Bonchev–Trinajstić information content (AvgIpc) is 2.95. The maximum atomic E-state index is 12.6. The van der Waals surface area contributed by atoms with Gasteiger partial charge in [0.05, 0.1) is 4.90 Å². The van der Waals surface area contributed by atoms with Crippen LogP contribution in [0.15, 0.2) is 47.9 Å². The molecule has 0 spiro atoms. The van der Waals surface area contributed by atoms with Crippen LogP contribution in [0.4, 0.5) is 5.82 Å². The minimum atomic E-state index is -3.81. The molecule has 2 aromatic heterocycles. The van der Waals surface area contributed by atoms with Crippen LogP contribution in [0.25, 0.3) is 5.82 Å². The van der Waals surface area contributed by atoms with Crippen molar-refractivity contribution in [1.29, 1.82) is 0 Å². The van der Waals surface area contributed by atoms with Gasteiger partial charge in [-0.1, -0.05) is 17.7 Å². The predicted octanol–water partition coefficient (Wildman–Crippen LogP) is 2.73. The highest BCUT2D eigenvalue weighted by atomic mass is 35.5. The molecule has 9 heteroatoms. The van der Waals surface area contributed by atoms with Gasteiger partial charge in [0, 0.05) is 23.5 Å². The largest absolute Gasteiger partial charge is 0.288 e. The minimum absolute atomic E-state index is 0.106. The van der Waals surface area contributed by atoms with E-state index in [1.165, 1.54) is 18.5 Å². The number of hydrogen-bond acceptors (Lipinski definition) is 5. The first-order chi connectivity index (χ1) is 11.4. The molecule has 3 rings (SSSR count). The Hall–Kier alpha value is -2.45. The molecule has 7 nitrogen and oxygen atoms in total. The minimum Gasteiger partial charge on any atom is -0.288 e. The summed E-state index contributed by atoms with van der Waals surface area (Å²) in [5.41, 5.74) is 0.589. The van der Waals surface area contributed by atoms with Crippen LogP contribution in [0.5, 0.6) is 0 Å². The van der Waals surface area contributed by atoms with E-state index in [1.807, 2.05) is 6.92 Å². The van der Waals surface area contributed by atoms with Crippen molar-refractivity contribution in [3.05, 3.63) is 59.4 Å². The monoisotopic (exact) mass is 363 g/mol. The fourth-order valence-corrected chi connectivity index (χ4v) is 3.72. The first-order valence-electron chi connectivity index (χ1n) is 6.98. The number of hydrogen-bond donors (Lipinski definition) is 1. The lowest BCUT2D eigenvalue weighted by atomic mass is 10.2. The van der Waals surface area contributed by atoms with Crippen LogP contribution in [-0.4, -0.2) is 27.9 Å². The van der Waals surface area contributed by atoms with Gasteiger partial charge < -0.3 is 0 Å². The second kappa shape index (κ2) is 6.21. The van der Waals surface area contributed by atoms with Gasteiger partial charge in [-0.3, -0.25) is 9.29 Å². The SMILES string of the molecule is Cc1ccc(Cl)cc1S(=O)(=O)Nc1cc(-n2ccnc2C)ncn1. The number of nitrogens with zero attached hydrogens (tertiary/aromatic N) is 4. The zero-order valence-electron chi connectivity index (χ0n) is 12.9. The van der Waals surface area contributed by atoms with Gasteiger partial charge in [0.2, 0.25) is 0 Å². The molecule has 124 valence electrons. The lowest BCUT2D eigenvalue weighted by Gasteiger charge is -2.11. The smallest absolute Gasteiger partial charge is 0.263 e. The van der Waals surface area contributed by atoms with E-state index in [0.717, 1.165) is 5.82 Å². The number of imidazole rings is 1. The molecule has 0 atom stereocenters. The van der Waals surface area contributed by atoms with Crippen LogP contribution in [0.3, 0.4) is 0 Å². The van der Waals surface area contributed by atoms with Gasteiger partial charge in [-0.25, -0.2) is 23.4 Å². The summed E-state index contributed by atoms with van der Waals surface area (Å²) in [5.74, 6) is 1.40. The number of aryl methyl sites for hydroxylation is 2. The molecular weight excluding hydrogens is 350 g/mol. The molecular formula is C15H14ClN5O2S. The second-order valence-electron chi connectivity index (χ2n) is 5.12. The van der Waals surface area contributed by atoms with Crippen molar-refractivity contribution in [2.45, 2.75) is 18.7 Å². The molecule has 0 saturated carbocycles. The third kappa shape index (κ3) is 3.24. The van der Waals surface area contributed by atoms with Gasteiger partial charge >= 0.3 is 0 Å². The summed E-state index contributed by atoms with van der Waals surface area (Å²) in [7, 11) is -3.81. The maximum Gasteiger partial charge on any atom is 0.263 e. The number of halogens is 1. The Balaban J connectivity index is 1.96. The number of benzene rings is 1. The van der Waals surface area contributed by atoms with E-state index in [1.54, 1.807) is 36.0 Å². The molecule has 24 heavy (non-hydrogen) atoms. The summed E-state index contributed by atoms with van der Waals surface area (Å²) in [4.78, 5) is 12.3. The Morgan fingerprint density at radius 2 is 1.92 bits per heavy atom. The molecule has 2 heterocycles. The van der Waals surface area contributed by atoms with Crippen molar-refractivity contribution in [1.82, 2.24) is 19.5 Å². The normalized spacial score (nSPS) is 11.5. The topological polar surface area (TPSA) is 89.8 Å². The summed E-state index contributed by atoms with van der Waals surface area (Å²) in [6.45, 7) is 3.52. The van der Waals surface area contributed by atoms with E-state index in [2.05, 4.69) is 19.7 Å². The molecule has 0 fully saturated rings. The van der Waals surface area contributed by atoms with E-state index < -0.39 is 10.0 Å². The third-order valence-corrected chi connectivity index (χ3v) is 5.14. The van der Waals surface area contributed by atoms with Gasteiger partial charge in [-0.05, 0) is 31.5 Å². The molecule has 3 aromatic rings. The van der Waals surface area contributed by atoms with Gasteiger partial charge in [0.1, 0.15) is 23.8 Å². The zero-order valence-corrected chi connectivity index (χ0v) is 14.5. The number of anilines is 1. The van der Waals surface area contributed by atoms with Crippen LogP contribution in [-0.2, 0) is 10.0 Å². The average molecular weight is 364 g/mol. The van der Waals surface area contributed by atoms with Crippen molar-refractivity contribution in [3.8, 4) is 5.82 Å². The van der Waals surface area contributed by atoms with E-state index >= 15 is 0 Å². The quantitative estimate of drug-likeness (QED) is 0.769. The molecule has 0 saturated heterocycles. The number of sulfonamides is 1. The van der Waals surface area contributed by atoms with E-state index in [-0.39, 0.29) is 10.7 Å². The highest BCUT2D eigenvalue weighted by Crippen LogP contribution is 2.22. The fraction of sp³-hybridized carbons (Fsp3) is 0.133. The van der Waals surface area contributed by atoms with Gasteiger partial charge in [0.25, 0.3) is 10.0 Å². The zero-order chi connectivity index (χ0) is 17.3. The standard InChI is InChI=1S/C15H14ClN5O2S/c1-10-3-4-12(16)7-13(10)24(22,23)20-14-8-15(19-9-18-14)21-6-5-17-11(21)2/h3-9H,1-2H3,(H,18,19,20). The van der Waals surface area contributed by atoms with Gasteiger partial charge in [-0.2, -0.15) is 0 Å². The van der Waals surface area contributed by atoms with Crippen LogP contribution >= 0.6 is 11.6 Å². The van der Waals surface area contributed by atoms with Crippen LogP contribution in [0.1, 0.15) is 11.4 Å². The van der Waals surface area contributed by atoms with Crippen LogP contribution in [0.2, 0.25) is 5.02 Å². The van der Waals surface area contributed by atoms with Crippen molar-refractivity contribution < 1.29 is 8.42 Å². The summed E-state index contributed by atoms with van der Waals surface area (Å²) in [6.07, 6.45) is 4.66. The molecule has 1 aromatic carbocycles. The Bertz CT molecular complexity index is 1000. The summed E-state index contributed by atoms with van der Waals surface area (Å²) < 4.78 is 29.4. The molecule has 0 aliphatic heterocycles. The number of nitrogens with one attached hydrogen (secondary N) is 1. The summed E-state index contributed by atoms with van der Waals surface area (Å²) in [6, 6.07) is 6.23. The predicted molar refractivity (Wildman–Crippen MR) is 90.9 cm³/mol. The van der Waals surface area contributed by atoms with Crippen molar-refractivity contribution in [2.75, 3.05) is 4.72 Å². The second-order valence-corrected chi connectivity index (χ2v) is 7.21. The lowest BCUT2D eigenvalue weighted by molar-refractivity contribution is 0.600. The molecule has 1 N–H and O–H groups in total. The lowest BCUT2D eigenvalue weighted by Crippen LogP contribution is -2.15. The highest BCUT2D eigenvalue weighted by Gasteiger charge is 2.18. The number of aromatic nitrogens is 4. The first kappa shape index (κ1) is 16.4. The van der Waals surface area contributed by atoms with Gasteiger partial charge in [-0.15, -0.1) is 0 Å².